The molecule has 1 rings (SSSR count). The van der Waals surface area contributed by atoms with Crippen LogP contribution in [0, 0.1) is 0 Å². The highest BCUT2D eigenvalue weighted by molar-refractivity contribution is 5.75. The third-order valence-corrected chi connectivity index (χ3v) is 3.15. The van der Waals surface area contributed by atoms with E-state index in [0.29, 0.717) is 0 Å². The van der Waals surface area contributed by atoms with Crippen molar-refractivity contribution in [2.45, 2.75) is 56.8 Å². The van der Waals surface area contributed by atoms with E-state index in [1.807, 2.05) is 0 Å². The minimum atomic E-state index is -1.18. The molecule has 0 aromatic rings. The van der Waals surface area contributed by atoms with Gasteiger partial charge in [-0.15, -0.1) is 0 Å². The summed E-state index contributed by atoms with van der Waals surface area (Å²) in [7, 11) is 0. The van der Waals surface area contributed by atoms with Crippen LogP contribution in [0.15, 0.2) is 0 Å². The summed E-state index contributed by atoms with van der Waals surface area (Å²) in [6, 6.07) is -2.49. The van der Waals surface area contributed by atoms with E-state index in [2.05, 4.69) is 5.32 Å². The molecule has 1 saturated heterocycles. The fourth-order valence-corrected chi connectivity index (χ4v) is 1.50. The maximum Gasteiger partial charge on any atom is 0.323 e. The molecular weight excluding hydrogens is 354 g/mol. The molecule has 4 atom stereocenters. The van der Waals surface area contributed by atoms with Crippen molar-refractivity contribution in [3.63, 3.8) is 0 Å². The Morgan fingerprint density at radius 2 is 1.62 bits per heavy atom. The van der Waals surface area contributed by atoms with E-state index in [1.54, 1.807) is 0 Å². The molecule has 1 aliphatic heterocycles. The zero-order valence-electron chi connectivity index (χ0n) is 14.4. The second-order valence-electron chi connectivity index (χ2n) is 5.47. The molecule has 1 aliphatic rings. The Labute approximate surface area is 149 Å². The van der Waals surface area contributed by atoms with Crippen LogP contribution in [0.3, 0.4) is 0 Å². The van der Waals surface area contributed by atoms with Crippen LogP contribution in [0.25, 0.3) is 0 Å². The molecule has 0 aliphatic carbocycles. The third-order valence-electron chi connectivity index (χ3n) is 3.15. The number of aliphatic hydroxyl groups is 1. The molecule has 12 heteroatoms. The van der Waals surface area contributed by atoms with E-state index in [4.69, 9.17) is 37.0 Å². The van der Waals surface area contributed by atoms with Gasteiger partial charge in [-0.3, -0.25) is 19.2 Å². The molecule has 0 spiro atoms. The third kappa shape index (κ3) is 14.1. The number of nitrogens with one attached hydrogen (secondary N) is 1. The summed E-state index contributed by atoms with van der Waals surface area (Å²) in [6.07, 6.45) is 0.581. The molecule has 1 fully saturated rings. The molecular formula is C14H27N3O9. The minimum Gasteiger partial charge on any atom is -0.481 e. The lowest BCUT2D eigenvalue weighted by Gasteiger charge is -2.06. The molecule has 3 unspecified atom stereocenters. The maximum absolute atomic E-state index is 10.1. The van der Waals surface area contributed by atoms with Gasteiger partial charge in [-0.2, -0.15) is 0 Å². The Hall–Kier alpha value is -2.28. The standard InChI is InChI=1S/C5H9NO4.C5H9NO2.C4H9NO3/c6-3(5(9)10)1-2-4(7)8;7-5(8)4-2-1-3-6-4;1-2(6)3(5)4(7)8/h3H,1-2,6H2,(H,7,8)(H,9,10);4,6H,1-3H2,(H,7,8);2-3,6H,5H2,1H3,(H,7,8)/t;4-;/m.0./s1. The van der Waals surface area contributed by atoms with Gasteiger partial charge in [-0.05, 0) is 32.7 Å². The summed E-state index contributed by atoms with van der Waals surface area (Å²) in [5, 5.41) is 44.0. The maximum atomic E-state index is 10.1. The highest BCUT2D eigenvalue weighted by atomic mass is 16.4. The lowest BCUT2D eigenvalue weighted by molar-refractivity contribution is -0.141. The number of carboxylic acid groups (broad SMARTS) is 4. The summed E-state index contributed by atoms with van der Waals surface area (Å²) in [5.74, 6) is -4.10. The van der Waals surface area contributed by atoms with Gasteiger partial charge in [-0.25, -0.2) is 0 Å². The van der Waals surface area contributed by atoms with Crippen LogP contribution >= 0.6 is 0 Å². The van der Waals surface area contributed by atoms with Gasteiger partial charge in [0.2, 0.25) is 0 Å². The zero-order chi connectivity index (χ0) is 20.9. The van der Waals surface area contributed by atoms with Crippen molar-refractivity contribution >= 4 is 23.9 Å². The molecule has 0 saturated carbocycles. The van der Waals surface area contributed by atoms with E-state index < -0.39 is 42.1 Å². The Kier molecular flexibility index (Phi) is 13.9. The summed E-state index contributed by atoms with van der Waals surface area (Å²) < 4.78 is 0. The summed E-state index contributed by atoms with van der Waals surface area (Å²) in [4.78, 5) is 39.9. The van der Waals surface area contributed by atoms with Crippen LogP contribution < -0.4 is 16.8 Å². The van der Waals surface area contributed by atoms with E-state index in [1.165, 1.54) is 6.92 Å². The molecule has 0 aromatic heterocycles. The average molecular weight is 381 g/mol. The van der Waals surface area contributed by atoms with Crippen LogP contribution in [-0.4, -0.2) is 80.2 Å². The fraction of sp³-hybridized carbons (Fsp3) is 0.714. The van der Waals surface area contributed by atoms with Crippen molar-refractivity contribution in [3.8, 4) is 0 Å². The average Bonchev–Trinajstić information content (AvgIpc) is 3.07. The molecule has 12 nitrogen and oxygen atoms in total. The van der Waals surface area contributed by atoms with Gasteiger partial charge in [-0.1, -0.05) is 0 Å². The van der Waals surface area contributed by atoms with E-state index in [9.17, 15) is 19.2 Å². The largest absolute Gasteiger partial charge is 0.481 e. The van der Waals surface area contributed by atoms with Gasteiger partial charge >= 0.3 is 23.9 Å². The first kappa shape index (κ1) is 26.0. The van der Waals surface area contributed by atoms with Crippen LogP contribution in [0.2, 0.25) is 0 Å². The normalized spacial score (nSPS) is 18.8. The topological polar surface area (TPSA) is 233 Å². The molecule has 1 heterocycles. The van der Waals surface area contributed by atoms with Gasteiger partial charge in [0.1, 0.15) is 18.1 Å². The number of aliphatic hydroxyl groups excluding tert-OH is 1. The highest BCUT2D eigenvalue weighted by Crippen LogP contribution is 2.03. The van der Waals surface area contributed by atoms with Crippen molar-refractivity contribution in [3.05, 3.63) is 0 Å². The van der Waals surface area contributed by atoms with E-state index >= 15 is 0 Å². The van der Waals surface area contributed by atoms with Crippen LogP contribution in [0.4, 0.5) is 0 Å². The van der Waals surface area contributed by atoms with Crippen molar-refractivity contribution in [1.82, 2.24) is 5.32 Å². The summed E-state index contributed by atoms with van der Waals surface area (Å²) >= 11 is 0. The van der Waals surface area contributed by atoms with Gasteiger partial charge in [0, 0.05) is 6.42 Å². The number of hydrogen-bond acceptors (Lipinski definition) is 8. The number of nitrogens with two attached hydrogens (primary N) is 2. The number of hydrogen-bond donors (Lipinski definition) is 8. The Balaban J connectivity index is 0. The van der Waals surface area contributed by atoms with Gasteiger partial charge in [0.25, 0.3) is 0 Å². The molecule has 0 aromatic carbocycles. The fourth-order valence-electron chi connectivity index (χ4n) is 1.50. The Morgan fingerprint density at radius 3 is 1.81 bits per heavy atom. The first-order valence-electron chi connectivity index (χ1n) is 7.72. The quantitative estimate of drug-likeness (QED) is 0.236. The van der Waals surface area contributed by atoms with Crippen LogP contribution in [0.1, 0.15) is 32.6 Å². The van der Waals surface area contributed by atoms with E-state index in [-0.39, 0.29) is 18.9 Å². The second-order valence-corrected chi connectivity index (χ2v) is 5.47. The SMILES string of the molecule is CC(O)C(N)C(=O)O.NC(CCC(=O)O)C(=O)O.O=C(O)[C@@H]1CCCN1. The molecule has 0 bridgehead atoms. The number of carboxylic acids is 4. The predicted molar refractivity (Wildman–Crippen MR) is 88.4 cm³/mol. The Bertz CT molecular complexity index is 453. The van der Waals surface area contributed by atoms with Gasteiger partial charge < -0.3 is 42.3 Å². The number of carbonyl (C=O) groups is 4. The second kappa shape index (κ2) is 13.9. The monoisotopic (exact) mass is 381 g/mol. The van der Waals surface area contributed by atoms with Crippen LogP contribution in [0.5, 0.6) is 0 Å². The van der Waals surface area contributed by atoms with Crippen molar-refractivity contribution in [2.24, 2.45) is 11.5 Å². The van der Waals surface area contributed by atoms with Crippen molar-refractivity contribution in [1.29, 1.82) is 0 Å². The number of rotatable bonds is 7. The molecule has 0 radical (unpaired) electrons. The van der Waals surface area contributed by atoms with Gasteiger partial charge in [0.15, 0.2) is 0 Å². The summed E-state index contributed by atoms with van der Waals surface area (Å²) in [5.41, 5.74) is 9.91. The minimum absolute atomic E-state index is 0.0231. The first-order chi connectivity index (χ1) is 11.9. The lowest BCUT2D eigenvalue weighted by atomic mass is 10.2. The van der Waals surface area contributed by atoms with E-state index in [0.717, 1.165) is 19.4 Å². The van der Waals surface area contributed by atoms with Crippen molar-refractivity contribution < 1.29 is 44.7 Å². The highest BCUT2D eigenvalue weighted by Gasteiger charge is 2.20. The molecule has 152 valence electrons. The zero-order valence-corrected chi connectivity index (χ0v) is 14.4. The Morgan fingerprint density at radius 1 is 1.08 bits per heavy atom. The first-order valence-corrected chi connectivity index (χ1v) is 7.72. The number of aliphatic carboxylic acids is 4. The smallest absolute Gasteiger partial charge is 0.323 e. The van der Waals surface area contributed by atoms with Crippen molar-refractivity contribution in [2.75, 3.05) is 6.54 Å². The molecule has 26 heavy (non-hydrogen) atoms. The molecule has 10 N–H and O–H groups in total. The lowest BCUT2D eigenvalue weighted by Crippen LogP contribution is -2.39. The summed E-state index contributed by atoms with van der Waals surface area (Å²) in [6.45, 7) is 2.19. The van der Waals surface area contributed by atoms with Crippen LogP contribution in [-0.2, 0) is 19.2 Å². The molecule has 0 amide bonds. The predicted octanol–water partition coefficient (Wildman–Crippen LogP) is -2.13. The van der Waals surface area contributed by atoms with Gasteiger partial charge in [0.05, 0.1) is 6.10 Å².